The second-order valence-corrected chi connectivity index (χ2v) is 6.17. The second kappa shape index (κ2) is 7.96. The van der Waals surface area contributed by atoms with E-state index in [1.165, 1.54) is 18.4 Å². The molecule has 0 aliphatic carbocycles. The smallest absolute Gasteiger partial charge is 0.0236 e. The molecule has 0 aromatic heterocycles. The predicted octanol–water partition coefficient (Wildman–Crippen LogP) is 4.63. The van der Waals surface area contributed by atoms with Gasteiger partial charge in [-0.1, -0.05) is 44.2 Å². The van der Waals surface area contributed by atoms with Gasteiger partial charge in [-0.15, -0.1) is 0 Å². The Hall–Kier alpha value is -0.470. The number of thiol groups is 1. The molecule has 1 rings (SSSR count). The van der Waals surface area contributed by atoms with Crippen molar-refractivity contribution in [3.8, 4) is 0 Å². The fourth-order valence-corrected chi connectivity index (χ4v) is 2.96. The van der Waals surface area contributed by atoms with E-state index in [0.29, 0.717) is 11.5 Å². The van der Waals surface area contributed by atoms with Gasteiger partial charge in [0.05, 0.1) is 0 Å². The Bertz CT molecular complexity index is 335. The molecule has 0 heterocycles. The molecule has 0 bridgehead atoms. The van der Waals surface area contributed by atoms with Crippen molar-refractivity contribution in [2.75, 3.05) is 12.3 Å². The summed E-state index contributed by atoms with van der Waals surface area (Å²) in [7, 11) is 0. The van der Waals surface area contributed by atoms with Gasteiger partial charge in [0.1, 0.15) is 0 Å². The minimum atomic E-state index is 0.349. The fourth-order valence-electron chi connectivity index (χ4n) is 2.42. The van der Waals surface area contributed by atoms with Gasteiger partial charge in [-0.3, -0.25) is 4.90 Å². The van der Waals surface area contributed by atoms with E-state index < -0.39 is 0 Å². The van der Waals surface area contributed by atoms with Crippen LogP contribution in [0.4, 0.5) is 0 Å². The molecule has 0 amide bonds. The maximum absolute atomic E-state index is 4.60. The average Bonchev–Trinajstić information content (AvgIpc) is 2.45. The van der Waals surface area contributed by atoms with Crippen molar-refractivity contribution in [2.45, 2.75) is 53.1 Å². The van der Waals surface area contributed by atoms with Crippen LogP contribution in [0.1, 0.15) is 46.1 Å². The Labute approximate surface area is 124 Å². The monoisotopic (exact) mass is 279 g/mol. The highest BCUT2D eigenvalue weighted by atomic mass is 32.1. The summed E-state index contributed by atoms with van der Waals surface area (Å²) in [5.74, 6) is 0.970. The lowest BCUT2D eigenvalue weighted by Crippen LogP contribution is -2.41. The molecule has 19 heavy (non-hydrogen) atoms. The van der Waals surface area contributed by atoms with E-state index in [4.69, 9.17) is 0 Å². The minimum absolute atomic E-state index is 0.349. The summed E-state index contributed by atoms with van der Waals surface area (Å²) in [6, 6.07) is 11.3. The van der Waals surface area contributed by atoms with Crippen molar-refractivity contribution in [3.05, 3.63) is 35.9 Å². The van der Waals surface area contributed by atoms with E-state index in [0.717, 1.165) is 18.8 Å². The highest BCUT2D eigenvalue weighted by Crippen LogP contribution is 2.30. The minimum Gasteiger partial charge on any atom is -0.296 e. The van der Waals surface area contributed by atoms with Crippen molar-refractivity contribution in [2.24, 2.45) is 5.41 Å². The van der Waals surface area contributed by atoms with Crippen molar-refractivity contribution >= 4 is 12.6 Å². The molecule has 108 valence electrons. The molecule has 0 N–H and O–H groups in total. The second-order valence-electron chi connectivity index (χ2n) is 5.85. The Morgan fingerprint density at radius 2 is 1.68 bits per heavy atom. The summed E-state index contributed by atoms with van der Waals surface area (Å²) in [5.41, 5.74) is 1.75. The van der Waals surface area contributed by atoms with Crippen molar-refractivity contribution in [1.29, 1.82) is 0 Å². The highest BCUT2D eigenvalue weighted by molar-refractivity contribution is 7.80. The maximum atomic E-state index is 4.60. The molecule has 2 heteroatoms. The lowest BCUT2D eigenvalue weighted by atomic mass is 9.83. The summed E-state index contributed by atoms with van der Waals surface area (Å²) in [6.07, 6.45) is 2.40. The van der Waals surface area contributed by atoms with Crippen molar-refractivity contribution in [3.63, 3.8) is 0 Å². The van der Waals surface area contributed by atoms with Crippen LogP contribution in [0.15, 0.2) is 30.3 Å². The van der Waals surface area contributed by atoms with Crippen molar-refractivity contribution < 1.29 is 0 Å². The quantitative estimate of drug-likeness (QED) is 0.679. The number of benzene rings is 1. The topological polar surface area (TPSA) is 3.24 Å². The molecule has 0 saturated heterocycles. The molecule has 1 aromatic rings. The molecule has 0 spiro atoms. The van der Waals surface area contributed by atoms with Crippen LogP contribution in [0.25, 0.3) is 0 Å². The standard InChI is InChI=1S/C17H29NS/c1-5-17(6-2,14-19)13-18(15(3)4)12-16-10-8-7-9-11-16/h7-11,15,19H,5-6,12-14H2,1-4H3. The summed E-state index contributed by atoms with van der Waals surface area (Å²) >= 11 is 4.60. The molecule has 0 unspecified atom stereocenters. The molecule has 1 aromatic carbocycles. The van der Waals surface area contributed by atoms with Crippen LogP contribution in [0.3, 0.4) is 0 Å². The third-order valence-corrected chi connectivity index (χ3v) is 5.00. The Kier molecular flexibility index (Phi) is 6.95. The van der Waals surface area contributed by atoms with E-state index in [1.54, 1.807) is 0 Å². The van der Waals surface area contributed by atoms with E-state index in [1.807, 2.05) is 0 Å². The molecule has 0 aliphatic rings. The number of hydrogen-bond donors (Lipinski definition) is 1. The van der Waals surface area contributed by atoms with Gasteiger partial charge < -0.3 is 0 Å². The molecule has 0 saturated carbocycles. The third-order valence-electron chi connectivity index (χ3n) is 4.33. The van der Waals surface area contributed by atoms with Crippen LogP contribution in [-0.2, 0) is 6.54 Å². The first-order chi connectivity index (χ1) is 9.06. The third kappa shape index (κ3) is 4.85. The molecular weight excluding hydrogens is 250 g/mol. The SMILES string of the molecule is CCC(CC)(CS)CN(Cc1ccccc1)C(C)C. The predicted molar refractivity (Wildman–Crippen MR) is 88.9 cm³/mol. The van der Waals surface area contributed by atoms with Gasteiger partial charge in [0.25, 0.3) is 0 Å². The fraction of sp³-hybridized carbons (Fsp3) is 0.647. The van der Waals surface area contributed by atoms with Crippen molar-refractivity contribution in [1.82, 2.24) is 4.90 Å². The first kappa shape index (κ1) is 16.6. The molecule has 0 aliphatic heterocycles. The largest absolute Gasteiger partial charge is 0.296 e. The van der Waals surface area contributed by atoms with Gasteiger partial charge in [-0.2, -0.15) is 12.6 Å². The van der Waals surface area contributed by atoms with Gasteiger partial charge in [-0.05, 0) is 43.4 Å². The van der Waals surface area contributed by atoms with Crippen LogP contribution >= 0.6 is 12.6 Å². The zero-order valence-electron chi connectivity index (χ0n) is 12.9. The van der Waals surface area contributed by atoms with E-state index >= 15 is 0 Å². The highest BCUT2D eigenvalue weighted by Gasteiger charge is 2.28. The number of hydrogen-bond acceptors (Lipinski definition) is 2. The zero-order valence-corrected chi connectivity index (χ0v) is 13.8. The zero-order chi connectivity index (χ0) is 14.3. The van der Waals surface area contributed by atoms with E-state index in [9.17, 15) is 0 Å². The maximum Gasteiger partial charge on any atom is 0.0236 e. The molecule has 1 nitrogen and oxygen atoms in total. The van der Waals surface area contributed by atoms with Gasteiger partial charge >= 0.3 is 0 Å². The Morgan fingerprint density at radius 3 is 2.11 bits per heavy atom. The summed E-state index contributed by atoms with van der Waals surface area (Å²) in [6.45, 7) is 11.3. The van der Waals surface area contributed by atoms with Crippen LogP contribution in [-0.4, -0.2) is 23.2 Å². The lowest BCUT2D eigenvalue weighted by molar-refractivity contribution is 0.122. The van der Waals surface area contributed by atoms with Crippen LogP contribution in [0, 0.1) is 5.41 Å². The van der Waals surface area contributed by atoms with Gasteiger partial charge in [0.2, 0.25) is 0 Å². The van der Waals surface area contributed by atoms with Crippen LogP contribution in [0.5, 0.6) is 0 Å². The average molecular weight is 279 g/mol. The van der Waals surface area contributed by atoms with Gasteiger partial charge in [0.15, 0.2) is 0 Å². The van der Waals surface area contributed by atoms with E-state index in [2.05, 4.69) is 75.6 Å². The first-order valence-corrected chi connectivity index (χ1v) is 8.09. The summed E-state index contributed by atoms with van der Waals surface area (Å²) in [5, 5.41) is 0. The first-order valence-electron chi connectivity index (χ1n) is 7.45. The van der Waals surface area contributed by atoms with Gasteiger partial charge in [0, 0.05) is 19.1 Å². The van der Waals surface area contributed by atoms with Crippen LogP contribution < -0.4 is 0 Å². The molecular formula is C17H29NS. The summed E-state index contributed by atoms with van der Waals surface area (Å²) in [4.78, 5) is 2.58. The van der Waals surface area contributed by atoms with E-state index in [-0.39, 0.29) is 0 Å². The summed E-state index contributed by atoms with van der Waals surface area (Å²) < 4.78 is 0. The number of rotatable bonds is 8. The normalized spacial score (nSPS) is 12.4. The Morgan fingerprint density at radius 1 is 1.11 bits per heavy atom. The molecule has 0 radical (unpaired) electrons. The number of nitrogens with zero attached hydrogens (tertiary/aromatic N) is 1. The Balaban J connectivity index is 2.78. The molecule has 0 atom stereocenters. The molecule has 0 fully saturated rings. The van der Waals surface area contributed by atoms with Crippen LogP contribution in [0.2, 0.25) is 0 Å². The van der Waals surface area contributed by atoms with Gasteiger partial charge in [-0.25, -0.2) is 0 Å². The lowest BCUT2D eigenvalue weighted by Gasteiger charge is -2.38.